The molecule has 0 bridgehead atoms. The number of aromatic nitrogens is 4. The monoisotopic (exact) mass is 579 g/mol. The minimum absolute atomic E-state index is 0. The molecule has 6 N–H and O–H groups in total. The molecule has 0 saturated heterocycles. The second-order valence-corrected chi connectivity index (χ2v) is 8.75. The maximum Gasteiger partial charge on any atom is 0.363 e. The van der Waals surface area contributed by atoms with Gasteiger partial charge in [0.05, 0.1) is 18.4 Å². The van der Waals surface area contributed by atoms with Gasteiger partial charge in [0.1, 0.15) is 11.4 Å². The van der Waals surface area contributed by atoms with Gasteiger partial charge in [0.25, 0.3) is 17.6 Å². The third-order valence-electron chi connectivity index (χ3n) is 5.78. The van der Waals surface area contributed by atoms with Crippen LogP contribution in [0.3, 0.4) is 0 Å². The Morgan fingerprint density at radius 1 is 1.14 bits per heavy atom. The number of nitrogens with one attached hydrogen (secondary N) is 3. The van der Waals surface area contributed by atoms with Crippen molar-refractivity contribution < 1.29 is 33.8 Å². The summed E-state index contributed by atoms with van der Waals surface area (Å²) in [7, 11) is 1.36. The van der Waals surface area contributed by atoms with E-state index in [9.17, 15) is 29.1 Å². The molecule has 42 heavy (non-hydrogen) atoms. The number of ether oxygens (including phenoxy) is 2. The summed E-state index contributed by atoms with van der Waals surface area (Å²) < 4.78 is 10.7. The Bertz CT molecular complexity index is 1690. The number of benzene rings is 2. The number of anilines is 1. The number of aromatic amines is 1. The Kier molecular flexibility index (Phi) is 9.72. The average Bonchev–Trinajstić information content (AvgIpc) is 3.34. The van der Waals surface area contributed by atoms with E-state index in [1.807, 2.05) is 19.1 Å². The highest BCUT2D eigenvalue weighted by Crippen LogP contribution is 2.28. The first kappa shape index (κ1) is 31.0. The Labute approximate surface area is 238 Å². The molecule has 5 rings (SSSR count). The topological polar surface area (TPSA) is 220 Å². The number of carboxylic acids is 1. The number of H-pyrrole nitrogens is 1. The van der Waals surface area contributed by atoms with Crippen LogP contribution >= 0.6 is 0 Å². The molecule has 2 aromatic carbocycles. The van der Waals surface area contributed by atoms with Crippen LogP contribution in [0.25, 0.3) is 5.78 Å². The van der Waals surface area contributed by atoms with Gasteiger partial charge in [-0.1, -0.05) is 25.6 Å². The molecule has 2 aromatic heterocycles. The number of amides is 2. The van der Waals surface area contributed by atoms with Gasteiger partial charge in [-0.3, -0.25) is 9.59 Å². The lowest BCUT2D eigenvalue weighted by Crippen LogP contribution is -2.27. The number of carboxylic acid groups (broad SMARTS) is 1. The van der Waals surface area contributed by atoms with Crippen LogP contribution in [0, 0.1) is 0 Å². The Morgan fingerprint density at radius 2 is 1.86 bits per heavy atom. The fourth-order valence-electron chi connectivity index (χ4n) is 3.72. The van der Waals surface area contributed by atoms with Crippen molar-refractivity contribution in [3.8, 4) is 5.75 Å². The van der Waals surface area contributed by atoms with Gasteiger partial charge >= 0.3 is 17.6 Å². The molecule has 0 aliphatic carbocycles. The molecule has 0 saturated carbocycles. The number of hydrogen-bond donors (Lipinski definition) is 5. The van der Waals surface area contributed by atoms with Gasteiger partial charge in [-0.05, 0) is 42.3 Å². The van der Waals surface area contributed by atoms with Gasteiger partial charge < -0.3 is 30.9 Å². The molecule has 1 atom stereocenters. The molecule has 2 amide bonds. The lowest BCUT2D eigenvalue weighted by atomic mass is 10.1. The first-order valence-electron chi connectivity index (χ1n) is 12.1. The molecule has 4 aromatic rings. The van der Waals surface area contributed by atoms with Crippen LogP contribution in [0.2, 0.25) is 0 Å². The van der Waals surface area contributed by atoms with E-state index in [1.54, 1.807) is 30.3 Å². The van der Waals surface area contributed by atoms with Crippen LogP contribution in [0.15, 0.2) is 53.3 Å². The van der Waals surface area contributed by atoms with E-state index in [2.05, 4.69) is 30.4 Å². The number of carbonyl (C=O) groups is 4. The van der Waals surface area contributed by atoms with E-state index < -0.39 is 17.6 Å². The molecule has 0 radical (unpaired) electrons. The van der Waals surface area contributed by atoms with E-state index >= 15 is 0 Å². The van der Waals surface area contributed by atoms with Crippen LogP contribution in [-0.4, -0.2) is 62.2 Å². The summed E-state index contributed by atoms with van der Waals surface area (Å²) in [5, 5.41) is 16.7. The summed E-state index contributed by atoms with van der Waals surface area (Å²) in [5.41, 5.74) is 7.02. The Hall–Kier alpha value is -5.57. The molecular weight excluding hydrogens is 550 g/mol. The molecule has 15 heteroatoms. The van der Waals surface area contributed by atoms with E-state index in [0.29, 0.717) is 22.6 Å². The zero-order valence-electron chi connectivity index (χ0n) is 21.8. The lowest BCUT2D eigenvalue weighted by molar-refractivity contribution is -0.118. The summed E-state index contributed by atoms with van der Waals surface area (Å²) in [6.07, 6.45) is 0. The first-order chi connectivity index (χ1) is 19.5. The molecule has 0 fully saturated rings. The van der Waals surface area contributed by atoms with Gasteiger partial charge in [-0.2, -0.15) is 4.98 Å². The molecular formula is C27H29N7O8. The van der Waals surface area contributed by atoms with Gasteiger partial charge in [0.15, 0.2) is 12.3 Å². The lowest BCUT2D eigenvalue weighted by Gasteiger charge is -2.18. The van der Waals surface area contributed by atoms with Crippen LogP contribution in [-0.2, 0) is 16.1 Å². The summed E-state index contributed by atoms with van der Waals surface area (Å²) >= 11 is 0. The van der Waals surface area contributed by atoms with Gasteiger partial charge in [0, 0.05) is 18.7 Å². The van der Waals surface area contributed by atoms with E-state index in [0.717, 1.165) is 16.1 Å². The fraction of sp³-hybridized carbons (Fsp3) is 0.222. The number of hydrogen-bond acceptors (Lipinski definition) is 10. The molecule has 3 heterocycles. The third-order valence-corrected chi connectivity index (χ3v) is 5.78. The Morgan fingerprint density at radius 3 is 2.50 bits per heavy atom. The van der Waals surface area contributed by atoms with Crippen LogP contribution in [0.4, 0.5) is 5.69 Å². The number of esters is 1. The van der Waals surface area contributed by atoms with Crippen molar-refractivity contribution in [1.29, 1.82) is 0 Å². The number of methoxy groups -OCH3 is 1. The maximum atomic E-state index is 12.4. The predicted molar refractivity (Wildman–Crippen MR) is 149 cm³/mol. The van der Waals surface area contributed by atoms with Crippen molar-refractivity contribution >= 4 is 35.2 Å². The van der Waals surface area contributed by atoms with Crippen molar-refractivity contribution in [3.63, 3.8) is 0 Å². The largest absolute Gasteiger partial charge is 0.482 e. The zero-order valence-corrected chi connectivity index (χ0v) is 21.8. The second kappa shape index (κ2) is 13.2. The van der Waals surface area contributed by atoms with Crippen LogP contribution in [0.1, 0.15) is 62.9 Å². The summed E-state index contributed by atoms with van der Waals surface area (Å²) in [6, 6.07) is 13.1. The number of fused-ring (bicyclic) bond motifs is 2. The van der Waals surface area contributed by atoms with Crippen molar-refractivity contribution in [3.05, 3.63) is 87.1 Å². The van der Waals surface area contributed by atoms with Gasteiger partial charge in [-0.25, -0.2) is 29.0 Å². The third kappa shape index (κ3) is 7.14. The SMILES string of the molecule is C.COC(=O)c1ccc([C@H](C)N)cc1.O=C1COc2ccc(CNC(=O)c3cc(C(=O)O)n4[nH]c(=O)nc4n3)cc2N1. The standard InChI is InChI=1S/C16H12N6O6.C10H13NO2.CH4/c23-12-6-28-11-2-1-7(3-8(11)18-12)5-17-13(24)9-4-10(14(25)26)22-15(19-9)20-16(27)21-22;1-7(11)8-3-5-9(6-4-8)10(12)13-2;/h1-4H,5-6H2,(H,17,24)(H,18,23)(H,21,27)(H,25,26);3-7H,11H2,1-2H3;1H4/t;7-;/m.0./s1. The predicted octanol–water partition coefficient (Wildman–Crippen LogP) is 1.51. The molecule has 0 unspecified atom stereocenters. The van der Waals surface area contributed by atoms with Crippen molar-refractivity contribution in [2.75, 3.05) is 19.0 Å². The highest BCUT2D eigenvalue weighted by Gasteiger charge is 2.19. The van der Waals surface area contributed by atoms with Crippen molar-refractivity contribution in [1.82, 2.24) is 24.9 Å². The zero-order chi connectivity index (χ0) is 29.7. The van der Waals surface area contributed by atoms with Gasteiger partial charge in [-0.15, -0.1) is 0 Å². The number of nitrogens with two attached hydrogens (primary N) is 1. The van der Waals surface area contributed by atoms with Crippen LogP contribution < -0.4 is 26.8 Å². The fourth-order valence-corrected chi connectivity index (χ4v) is 3.72. The quantitative estimate of drug-likeness (QED) is 0.206. The number of rotatable bonds is 6. The number of aromatic carboxylic acids is 1. The normalized spacial score (nSPS) is 12.3. The van der Waals surface area contributed by atoms with Crippen molar-refractivity contribution in [2.45, 2.75) is 26.9 Å². The Balaban J connectivity index is 0.000000293. The molecule has 220 valence electrons. The number of nitrogens with zero attached hydrogens (tertiary/aromatic N) is 3. The van der Waals surface area contributed by atoms with E-state index in [-0.39, 0.29) is 55.7 Å². The van der Waals surface area contributed by atoms with Crippen LogP contribution in [0.5, 0.6) is 5.75 Å². The molecule has 15 nitrogen and oxygen atoms in total. The average molecular weight is 580 g/mol. The summed E-state index contributed by atoms with van der Waals surface area (Å²) in [6.45, 7) is 1.93. The minimum atomic E-state index is -1.36. The van der Waals surface area contributed by atoms with Gasteiger partial charge in [0.2, 0.25) is 0 Å². The molecule has 1 aliphatic rings. The van der Waals surface area contributed by atoms with E-state index in [4.69, 9.17) is 10.5 Å². The number of carbonyl (C=O) groups excluding carboxylic acids is 3. The summed E-state index contributed by atoms with van der Waals surface area (Å²) in [5.74, 6) is -2.32. The molecule has 0 spiro atoms. The second-order valence-electron chi connectivity index (χ2n) is 8.75. The highest BCUT2D eigenvalue weighted by atomic mass is 16.5. The summed E-state index contributed by atoms with van der Waals surface area (Å²) in [4.78, 5) is 64.9. The smallest absolute Gasteiger partial charge is 0.363 e. The highest BCUT2D eigenvalue weighted by molar-refractivity contribution is 5.96. The van der Waals surface area contributed by atoms with E-state index in [1.165, 1.54) is 7.11 Å². The maximum absolute atomic E-state index is 12.4. The van der Waals surface area contributed by atoms with Crippen molar-refractivity contribution in [2.24, 2.45) is 5.73 Å². The molecule has 1 aliphatic heterocycles. The first-order valence-corrected chi connectivity index (χ1v) is 12.1. The minimum Gasteiger partial charge on any atom is -0.482 e.